The van der Waals surface area contributed by atoms with Gasteiger partial charge in [0.2, 0.25) is 0 Å². The Morgan fingerprint density at radius 2 is 2.00 bits per heavy atom. The Bertz CT molecular complexity index is 870. The van der Waals surface area contributed by atoms with Crippen LogP contribution in [0.3, 0.4) is 0 Å². The van der Waals surface area contributed by atoms with Gasteiger partial charge in [0, 0.05) is 22.6 Å². The van der Waals surface area contributed by atoms with E-state index in [9.17, 15) is 9.90 Å². The van der Waals surface area contributed by atoms with Crippen LogP contribution in [0.15, 0.2) is 22.8 Å². The lowest BCUT2D eigenvalue weighted by Gasteiger charge is -2.36. The van der Waals surface area contributed by atoms with Crippen molar-refractivity contribution in [2.24, 2.45) is 5.92 Å². The summed E-state index contributed by atoms with van der Waals surface area (Å²) in [6.45, 7) is 1.68. The molecule has 0 radical (unpaired) electrons. The van der Waals surface area contributed by atoms with E-state index in [0.29, 0.717) is 42.8 Å². The molecule has 2 heterocycles. The summed E-state index contributed by atoms with van der Waals surface area (Å²) in [5.74, 6) is 0.450. The Morgan fingerprint density at radius 1 is 1.29 bits per heavy atom. The number of amides is 1. The number of hydrogen-bond acceptors (Lipinski definition) is 3. The monoisotopic (exact) mass is 468 g/mol. The molecule has 1 amide bonds. The number of fused-ring (bicyclic) bond motifs is 1. The SMILES string of the molecule is O=C(NCC1CCCCCC1)c1cn(CC2(O)COC2)c2cc(Br)cc(Cl)c12. The largest absolute Gasteiger partial charge is 0.383 e. The second-order valence-corrected chi connectivity index (χ2v) is 9.56. The molecule has 28 heavy (non-hydrogen) atoms. The third-order valence-electron chi connectivity index (χ3n) is 5.87. The van der Waals surface area contributed by atoms with Crippen molar-refractivity contribution < 1.29 is 14.6 Å². The van der Waals surface area contributed by atoms with Crippen molar-refractivity contribution in [3.05, 3.63) is 33.4 Å². The molecule has 0 bridgehead atoms. The molecule has 0 spiro atoms. The van der Waals surface area contributed by atoms with Gasteiger partial charge in [-0.1, -0.05) is 53.2 Å². The van der Waals surface area contributed by atoms with Crippen LogP contribution in [-0.2, 0) is 11.3 Å². The van der Waals surface area contributed by atoms with Crippen LogP contribution in [0.4, 0.5) is 0 Å². The van der Waals surface area contributed by atoms with Gasteiger partial charge in [0.15, 0.2) is 0 Å². The number of nitrogens with zero attached hydrogens (tertiary/aromatic N) is 1. The molecule has 2 aromatic rings. The predicted octanol–water partition coefficient (Wildman–Crippen LogP) is 4.52. The molecule has 1 aliphatic carbocycles. The molecular formula is C21H26BrClN2O3. The van der Waals surface area contributed by atoms with E-state index in [4.69, 9.17) is 16.3 Å². The van der Waals surface area contributed by atoms with Crippen molar-refractivity contribution in [3.63, 3.8) is 0 Å². The highest BCUT2D eigenvalue weighted by molar-refractivity contribution is 9.10. The Labute approximate surface area is 178 Å². The van der Waals surface area contributed by atoms with Crippen molar-refractivity contribution in [2.45, 2.75) is 50.7 Å². The fourth-order valence-electron chi connectivity index (χ4n) is 4.29. The molecule has 152 valence electrons. The molecule has 0 atom stereocenters. The molecule has 1 aliphatic heterocycles. The minimum absolute atomic E-state index is 0.103. The predicted molar refractivity (Wildman–Crippen MR) is 114 cm³/mol. The number of aliphatic hydroxyl groups is 1. The standard InChI is InChI=1S/C21H26BrClN2O3/c22-15-7-17(23)19-16(20(26)24-9-14-5-3-1-2-4-6-14)10-25(18(19)8-15)11-21(27)12-28-13-21/h7-8,10,14,27H,1-6,9,11-13H2,(H,24,26). The van der Waals surface area contributed by atoms with E-state index in [1.54, 1.807) is 6.07 Å². The number of rotatable bonds is 5. The van der Waals surface area contributed by atoms with Crippen LogP contribution in [0.5, 0.6) is 0 Å². The summed E-state index contributed by atoms with van der Waals surface area (Å²) in [7, 11) is 0. The number of carbonyl (C=O) groups excluding carboxylic acids is 1. The van der Waals surface area contributed by atoms with Gasteiger partial charge in [-0.3, -0.25) is 4.79 Å². The lowest BCUT2D eigenvalue weighted by Crippen LogP contribution is -2.52. The molecule has 2 aliphatic rings. The lowest BCUT2D eigenvalue weighted by atomic mass is 10.0. The maximum absolute atomic E-state index is 13.0. The molecule has 1 saturated carbocycles. The van der Waals surface area contributed by atoms with Crippen LogP contribution in [-0.4, -0.2) is 40.9 Å². The number of nitrogens with one attached hydrogen (secondary N) is 1. The summed E-state index contributed by atoms with van der Waals surface area (Å²) in [6, 6.07) is 3.74. The van der Waals surface area contributed by atoms with Crippen molar-refractivity contribution in [1.29, 1.82) is 0 Å². The third kappa shape index (κ3) is 4.25. The van der Waals surface area contributed by atoms with Gasteiger partial charge in [0.25, 0.3) is 5.91 Å². The maximum atomic E-state index is 13.0. The van der Waals surface area contributed by atoms with E-state index in [-0.39, 0.29) is 5.91 Å². The first-order valence-corrected chi connectivity index (χ1v) is 11.2. The molecule has 7 heteroatoms. The molecule has 2 N–H and O–H groups in total. The third-order valence-corrected chi connectivity index (χ3v) is 6.63. The first-order valence-electron chi connectivity index (χ1n) is 10.0. The van der Waals surface area contributed by atoms with Crippen molar-refractivity contribution >= 4 is 44.3 Å². The zero-order valence-corrected chi connectivity index (χ0v) is 18.2. The molecule has 2 fully saturated rings. The van der Waals surface area contributed by atoms with Crippen LogP contribution in [0.2, 0.25) is 5.02 Å². The molecule has 5 nitrogen and oxygen atoms in total. The number of benzene rings is 1. The highest BCUT2D eigenvalue weighted by Gasteiger charge is 2.37. The average molecular weight is 470 g/mol. The van der Waals surface area contributed by atoms with Gasteiger partial charge in [-0.15, -0.1) is 0 Å². The van der Waals surface area contributed by atoms with Crippen LogP contribution in [0, 0.1) is 5.92 Å². The molecular weight excluding hydrogens is 444 g/mol. The van der Waals surface area contributed by atoms with Crippen molar-refractivity contribution in [2.75, 3.05) is 19.8 Å². The van der Waals surface area contributed by atoms with Gasteiger partial charge in [0.05, 0.1) is 35.9 Å². The van der Waals surface area contributed by atoms with Crippen LogP contribution < -0.4 is 5.32 Å². The second-order valence-electron chi connectivity index (χ2n) is 8.24. The van der Waals surface area contributed by atoms with E-state index in [2.05, 4.69) is 21.2 Å². The minimum Gasteiger partial charge on any atom is -0.383 e. The summed E-state index contributed by atoms with van der Waals surface area (Å²) in [6.07, 6.45) is 9.28. The smallest absolute Gasteiger partial charge is 0.253 e. The maximum Gasteiger partial charge on any atom is 0.253 e. The van der Waals surface area contributed by atoms with E-state index in [1.165, 1.54) is 38.5 Å². The van der Waals surface area contributed by atoms with Crippen LogP contribution in [0.25, 0.3) is 10.9 Å². The fraction of sp³-hybridized carbons (Fsp3) is 0.571. The Kier molecular flexibility index (Phi) is 6.02. The van der Waals surface area contributed by atoms with Crippen LogP contribution in [0.1, 0.15) is 48.9 Å². The molecule has 1 aromatic heterocycles. The van der Waals surface area contributed by atoms with Gasteiger partial charge >= 0.3 is 0 Å². The summed E-state index contributed by atoms with van der Waals surface area (Å²) in [5.41, 5.74) is 0.499. The number of carbonyl (C=O) groups is 1. The molecule has 0 unspecified atom stereocenters. The molecule has 4 rings (SSSR count). The van der Waals surface area contributed by atoms with Crippen molar-refractivity contribution in [1.82, 2.24) is 9.88 Å². The van der Waals surface area contributed by atoms with Gasteiger partial charge in [-0.25, -0.2) is 0 Å². The molecule has 1 saturated heterocycles. The number of halogens is 2. The first-order chi connectivity index (χ1) is 13.5. The Hall–Kier alpha value is -1.08. The second kappa shape index (κ2) is 8.34. The lowest BCUT2D eigenvalue weighted by molar-refractivity contribution is -0.184. The van der Waals surface area contributed by atoms with Gasteiger partial charge in [-0.2, -0.15) is 0 Å². The normalized spacial score (nSPS) is 20.0. The highest BCUT2D eigenvalue weighted by Crippen LogP contribution is 2.34. The highest BCUT2D eigenvalue weighted by atomic mass is 79.9. The van der Waals surface area contributed by atoms with E-state index in [0.717, 1.165) is 15.4 Å². The van der Waals surface area contributed by atoms with Gasteiger partial charge < -0.3 is 19.7 Å². The minimum atomic E-state index is -0.894. The van der Waals surface area contributed by atoms with E-state index >= 15 is 0 Å². The zero-order chi connectivity index (χ0) is 19.7. The van der Waals surface area contributed by atoms with E-state index < -0.39 is 5.60 Å². The first kappa shape index (κ1) is 20.2. The number of aromatic nitrogens is 1. The van der Waals surface area contributed by atoms with Gasteiger partial charge in [0.1, 0.15) is 5.60 Å². The Balaban J connectivity index is 1.59. The number of hydrogen-bond donors (Lipinski definition) is 2. The topological polar surface area (TPSA) is 63.5 Å². The quantitative estimate of drug-likeness (QED) is 0.633. The van der Waals surface area contributed by atoms with Crippen molar-refractivity contribution in [3.8, 4) is 0 Å². The summed E-state index contributed by atoms with van der Waals surface area (Å²) in [4.78, 5) is 13.0. The van der Waals surface area contributed by atoms with Gasteiger partial charge in [-0.05, 0) is 30.9 Å². The fourth-order valence-corrected chi connectivity index (χ4v) is 5.19. The number of ether oxygens (including phenoxy) is 1. The van der Waals surface area contributed by atoms with E-state index in [1.807, 2.05) is 16.8 Å². The average Bonchev–Trinajstić information content (AvgIpc) is 2.80. The Morgan fingerprint density at radius 3 is 2.64 bits per heavy atom. The summed E-state index contributed by atoms with van der Waals surface area (Å²) in [5, 5.41) is 14.9. The summed E-state index contributed by atoms with van der Waals surface area (Å²) < 4.78 is 7.91. The van der Waals surface area contributed by atoms with Crippen LogP contribution >= 0.6 is 27.5 Å². The molecule has 1 aromatic carbocycles. The summed E-state index contributed by atoms with van der Waals surface area (Å²) >= 11 is 9.98. The zero-order valence-electron chi connectivity index (χ0n) is 15.8.